The Morgan fingerprint density at radius 2 is 1.24 bits per heavy atom. The Kier molecular flexibility index (Phi) is 10.5. The summed E-state index contributed by atoms with van der Waals surface area (Å²) in [5, 5.41) is 0. The minimum Gasteiger partial charge on any atom is -0.356 e. The van der Waals surface area contributed by atoms with Crippen LogP contribution in [0.3, 0.4) is 0 Å². The normalized spacial score (nSPS) is 18.0. The molecule has 0 aromatic heterocycles. The number of nitrogens with zero attached hydrogens (tertiary/aromatic N) is 2. The molecule has 0 N–H and O–H groups in total. The molecule has 0 amide bonds. The van der Waals surface area contributed by atoms with Crippen LogP contribution in [-0.4, -0.2) is 29.1 Å². The minimum absolute atomic E-state index is 0.641. The highest BCUT2D eigenvalue weighted by atomic mass is 15.4. The molecule has 0 spiro atoms. The third-order valence-electron chi connectivity index (χ3n) is 4.67. The van der Waals surface area contributed by atoms with Gasteiger partial charge in [-0.2, -0.15) is 0 Å². The molecule has 0 aromatic carbocycles. The second-order valence-corrected chi connectivity index (χ2v) is 6.46. The summed E-state index contributed by atoms with van der Waals surface area (Å²) in [6.07, 6.45) is 20.5. The lowest BCUT2D eigenvalue weighted by atomic mass is 10.1. The van der Waals surface area contributed by atoms with E-state index < -0.39 is 0 Å². The van der Waals surface area contributed by atoms with Gasteiger partial charge in [0.15, 0.2) is 0 Å². The van der Waals surface area contributed by atoms with Crippen LogP contribution >= 0.6 is 0 Å². The lowest BCUT2D eigenvalue weighted by Gasteiger charge is -2.32. The molecule has 2 nitrogen and oxygen atoms in total. The minimum atomic E-state index is 0.641. The van der Waals surface area contributed by atoms with Crippen molar-refractivity contribution in [3.05, 3.63) is 12.4 Å². The molecule has 0 bridgehead atoms. The van der Waals surface area contributed by atoms with Crippen LogP contribution in [0.1, 0.15) is 91.4 Å². The zero-order chi connectivity index (χ0) is 15.3. The summed E-state index contributed by atoms with van der Waals surface area (Å²) in [5.41, 5.74) is 0. The van der Waals surface area contributed by atoms with Crippen molar-refractivity contribution in [3.8, 4) is 0 Å². The van der Waals surface area contributed by atoms with Gasteiger partial charge in [-0.05, 0) is 26.2 Å². The van der Waals surface area contributed by atoms with Crippen LogP contribution in [-0.2, 0) is 0 Å². The first kappa shape index (κ1) is 18.4. The van der Waals surface area contributed by atoms with Crippen LogP contribution < -0.4 is 0 Å². The molecule has 2 heteroatoms. The molecular formula is C19H38N2. The van der Waals surface area contributed by atoms with Gasteiger partial charge in [-0.15, -0.1) is 0 Å². The summed E-state index contributed by atoms with van der Waals surface area (Å²) in [4.78, 5) is 5.11. The average molecular weight is 295 g/mol. The highest BCUT2D eigenvalue weighted by Crippen LogP contribution is 2.22. The number of hydrogen-bond donors (Lipinski definition) is 0. The topological polar surface area (TPSA) is 6.48 Å². The van der Waals surface area contributed by atoms with Gasteiger partial charge in [0.05, 0.1) is 0 Å². The van der Waals surface area contributed by atoms with E-state index >= 15 is 0 Å². The molecule has 0 aliphatic carbocycles. The molecule has 1 heterocycles. The highest BCUT2D eigenvalue weighted by molar-refractivity contribution is 4.96. The van der Waals surface area contributed by atoms with Crippen molar-refractivity contribution >= 4 is 0 Å². The molecule has 124 valence electrons. The smallest absolute Gasteiger partial charge is 0.101 e. The van der Waals surface area contributed by atoms with Gasteiger partial charge < -0.3 is 9.80 Å². The zero-order valence-corrected chi connectivity index (χ0v) is 14.8. The van der Waals surface area contributed by atoms with E-state index in [9.17, 15) is 0 Å². The maximum atomic E-state index is 2.59. The fraction of sp³-hybridized carbons (Fsp3) is 0.895. The van der Waals surface area contributed by atoms with Crippen LogP contribution in [0.5, 0.6) is 0 Å². The van der Waals surface area contributed by atoms with Crippen LogP contribution in [0, 0.1) is 0 Å². The summed E-state index contributed by atoms with van der Waals surface area (Å²) in [7, 11) is 0. The van der Waals surface area contributed by atoms with Crippen molar-refractivity contribution < 1.29 is 0 Å². The van der Waals surface area contributed by atoms with Gasteiger partial charge in [0.2, 0.25) is 0 Å². The average Bonchev–Trinajstić information content (AvgIpc) is 2.89. The number of hydrogen-bond acceptors (Lipinski definition) is 2. The zero-order valence-electron chi connectivity index (χ0n) is 14.8. The fourth-order valence-corrected chi connectivity index (χ4v) is 3.26. The fourth-order valence-electron chi connectivity index (χ4n) is 3.26. The standard InChI is InChI=1S/C19H38N2/c1-4-7-9-11-13-15-19-20(6-3)17-18-21(19)16-14-12-10-8-5-2/h17-19H,4-16H2,1-3H3. The van der Waals surface area contributed by atoms with E-state index in [0.717, 1.165) is 6.54 Å². The lowest BCUT2D eigenvalue weighted by molar-refractivity contribution is 0.142. The van der Waals surface area contributed by atoms with Gasteiger partial charge in [-0.25, -0.2) is 0 Å². The Labute approximate surface area is 133 Å². The number of unbranched alkanes of at least 4 members (excludes halogenated alkanes) is 8. The van der Waals surface area contributed by atoms with E-state index in [1.807, 2.05) is 0 Å². The van der Waals surface area contributed by atoms with Crippen LogP contribution in [0.15, 0.2) is 12.4 Å². The van der Waals surface area contributed by atoms with Gasteiger partial charge in [0, 0.05) is 25.5 Å². The molecular weight excluding hydrogens is 256 g/mol. The third-order valence-corrected chi connectivity index (χ3v) is 4.67. The van der Waals surface area contributed by atoms with Crippen LogP contribution in [0.2, 0.25) is 0 Å². The van der Waals surface area contributed by atoms with Gasteiger partial charge in [0.25, 0.3) is 0 Å². The Balaban J connectivity index is 2.23. The first-order valence-electron chi connectivity index (χ1n) is 9.53. The molecule has 0 saturated heterocycles. The van der Waals surface area contributed by atoms with E-state index in [2.05, 4.69) is 43.0 Å². The molecule has 1 aliphatic rings. The van der Waals surface area contributed by atoms with Crippen LogP contribution in [0.25, 0.3) is 0 Å². The first-order chi connectivity index (χ1) is 10.3. The van der Waals surface area contributed by atoms with Crippen molar-refractivity contribution in [2.75, 3.05) is 13.1 Å². The SMILES string of the molecule is CCCCCCCC1N(CC)C=CN1CCCCCCC. The second-order valence-electron chi connectivity index (χ2n) is 6.46. The van der Waals surface area contributed by atoms with Crippen molar-refractivity contribution in [2.45, 2.75) is 97.6 Å². The van der Waals surface area contributed by atoms with Gasteiger partial charge in [-0.3, -0.25) is 0 Å². The third kappa shape index (κ3) is 7.24. The summed E-state index contributed by atoms with van der Waals surface area (Å²) >= 11 is 0. The summed E-state index contributed by atoms with van der Waals surface area (Å²) in [6.45, 7) is 9.24. The molecule has 0 fully saturated rings. The molecule has 1 unspecified atom stereocenters. The van der Waals surface area contributed by atoms with E-state index in [-0.39, 0.29) is 0 Å². The van der Waals surface area contributed by atoms with Gasteiger partial charge >= 0.3 is 0 Å². The van der Waals surface area contributed by atoms with E-state index in [0.29, 0.717) is 6.17 Å². The monoisotopic (exact) mass is 294 g/mol. The predicted octanol–water partition coefficient (Wildman–Crippen LogP) is 5.75. The molecule has 1 rings (SSSR count). The van der Waals surface area contributed by atoms with Crippen molar-refractivity contribution in [1.82, 2.24) is 9.80 Å². The molecule has 0 aromatic rings. The van der Waals surface area contributed by atoms with Gasteiger partial charge in [0.1, 0.15) is 6.17 Å². The maximum Gasteiger partial charge on any atom is 0.101 e. The Bertz CT molecular complexity index is 262. The molecule has 0 radical (unpaired) electrons. The highest BCUT2D eigenvalue weighted by Gasteiger charge is 2.23. The molecule has 1 aliphatic heterocycles. The molecule has 0 saturated carbocycles. The van der Waals surface area contributed by atoms with E-state index in [1.165, 1.54) is 77.2 Å². The second kappa shape index (κ2) is 11.9. The summed E-state index contributed by atoms with van der Waals surface area (Å²) in [6, 6.07) is 0. The van der Waals surface area contributed by atoms with E-state index in [1.54, 1.807) is 0 Å². The Hall–Kier alpha value is -0.660. The summed E-state index contributed by atoms with van der Waals surface area (Å²) in [5.74, 6) is 0. The Morgan fingerprint density at radius 1 is 0.667 bits per heavy atom. The van der Waals surface area contributed by atoms with E-state index in [4.69, 9.17) is 0 Å². The summed E-state index contributed by atoms with van der Waals surface area (Å²) < 4.78 is 0. The maximum absolute atomic E-state index is 2.59. The number of rotatable bonds is 13. The first-order valence-corrected chi connectivity index (χ1v) is 9.53. The van der Waals surface area contributed by atoms with Gasteiger partial charge in [-0.1, -0.05) is 65.2 Å². The Morgan fingerprint density at radius 3 is 1.86 bits per heavy atom. The largest absolute Gasteiger partial charge is 0.356 e. The van der Waals surface area contributed by atoms with Crippen molar-refractivity contribution in [3.63, 3.8) is 0 Å². The van der Waals surface area contributed by atoms with Crippen molar-refractivity contribution in [1.29, 1.82) is 0 Å². The predicted molar refractivity (Wildman–Crippen MR) is 94.1 cm³/mol. The molecule has 1 atom stereocenters. The quantitative estimate of drug-likeness (QED) is 0.399. The van der Waals surface area contributed by atoms with Crippen molar-refractivity contribution in [2.24, 2.45) is 0 Å². The lowest BCUT2D eigenvalue weighted by Crippen LogP contribution is -2.38. The van der Waals surface area contributed by atoms with Crippen LogP contribution in [0.4, 0.5) is 0 Å². The molecule has 21 heavy (non-hydrogen) atoms.